The normalized spacial score (nSPS) is 12.3. The summed E-state index contributed by atoms with van der Waals surface area (Å²) in [5.74, 6) is 0. The number of hydrogen-bond acceptors (Lipinski definition) is 2. The number of rotatable bonds is 9. The van der Waals surface area contributed by atoms with E-state index in [1.54, 1.807) is 0 Å². The van der Waals surface area contributed by atoms with Gasteiger partial charge in [0.05, 0.1) is 0 Å². The average molecular weight is 379 g/mol. The van der Waals surface area contributed by atoms with Gasteiger partial charge in [-0.3, -0.25) is 0 Å². The van der Waals surface area contributed by atoms with Crippen LogP contribution in [0.3, 0.4) is 0 Å². The summed E-state index contributed by atoms with van der Waals surface area (Å²) in [7, 11) is 2.16. The first kappa shape index (κ1) is 19.8. The maximum absolute atomic E-state index is 3.26. The summed E-state index contributed by atoms with van der Waals surface area (Å²) >= 11 is 0. The van der Waals surface area contributed by atoms with Gasteiger partial charge >= 0.3 is 164 Å². The molecule has 3 rings (SSSR count). The van der Waals surface area contributed by atoms with Crippen molar-refractivity contribution in [3.63, 3.8) is 0 Å². The number of nitrogens with one attached hydrogen (secondary N) is 1. The van der Waals surface area contributed by atoms with Crippen molar-refractivity contribution < 1.29 is 0 Å². The molecular formula is C24H31N2P. The summed E-state index contributed by atoms with van der Waals surface area (Å²) < 4.78 is 0. The molecule has 0 spiro atoms. The monoisotopic (exact) mass is 378 g/mol. The van der Waals surface area contributed by atoms with Crippen LogP contribution in [0.1, 0.15) is 0 Å². The van der Waals surface area contributed by atoms with E-state index in [-0.39, 0.29) is 0 Å². The molecule has 3 aromatic rings. The Morgan fingerprint density at radius 3 is 1.44 bits per heavy atom. The Bertz CT molecular complexity index is 694. The summed E-state index contributed by atoms with van der Waals surface area (Å²) in [4.78, 5) is 2.45. The van der Waals surface area contributed by atoms with Crippen molar-refractivity contribution in [1.29, 1.82) is 0 Å². The van der Waals surface area contributed by atoms with E-state index in [4.69, 9.17) is 0 Å². The Morgan fingerprint density at radius 2 is 1.07 bits per heavy atom. The van der Waals surface area contributed by atoms with Crippen LogP contribution >= 0.6 is 7.26 Å². The van der Waals surface area contributed by atoms with Crippen LogP contribution in [0.2, 0.25) is 0 Å². The fourth-order valence-electron chi connectivity index (χ4n) is 3.87. The third kappa shape index (κ3) is 4.65. The van der Waals surface area contributed by atoms with E-state index in [2.05, 4.69) is 108 Å². The fraction of sp³-hybridized carbons (Fsp3) is 0.250. The first-order valence-electron chi connectivity index (χ1n) is 9.77. The van der Waals surface area contributed by atoms with Crippen LogP contribution in [0, 0.1) is 0 Å². The van der Waals surface area contributed by atoms with Gasteiger partial charge in [-0.25, -0.2) is 0 Å². The molecule has 0 amide bonds. The third-order valence-corrected chi connectivity index (χ3v) is 10.3. The van der Waals surface area contributed by atoms with E-state index >= 15 is 0 Å². The van der Waals surface area contributed by atoms with E-state index in [1.165, 1.54) is 22.1 Å². The van der Waals surface area contributed by atoms with E-state index in [9.17, 15) is 0 Å². The second-order valence-corrected chi connectivity index (χ2v) is 11.2. The maximum atomic E-state index is 3.26. The average Bonchev–Trinajstić information content (AvgIpc) is 2.75. The zero-order valence-corrected chi connectivity index (χ0v) is 17.4. The molecule has 0 heterocycles. The molecule has 0 aliphatic rings. The Hall–Kier alpha value is -1.99. The van der Waals surface area contributed by atoms with E-state index < -0.39 is 7.26 Å². The Labute approximate surface area is 164 Å². The minimum absolute atomic E-state index is 1.02. The van der Waals surface area contributed by atoms with Crippen molar-refractivity contribution in [2.75, 3.05) is 39.9 Å². The van der Waals surface area contributed by atoms with Crippen LogP contribution in [0.15, 0.2) is 91.0 Å². The molecule has 2 nitrogen and oxygen atoms in total. The van der Waals surface area contributed by atoms with Gasteiger partial charge < -0.3 is 0 Å². The van der Waals surface area contributed by atoms with Gasteiger partial charge in [0.1, 0.15) is 0 Å². The van der Waals surface area contributed by atoms with Crippen molar-refractivity contribution in [2.24, 2.45) is 0 Å². The van der Waals surface area contributed by atoms with Crippen LogP contribution < -0.4 is 21.2 Å². The second-order valence-electron chi connectivity index (χ2n) is 7.16. The van der Waals surface area contributed by atoms with Gasteiger partial charge in [-0.15, -0.1) is 0 Å². The van der Waals surface area contributed by atoms with Crippen LogP contribution in [0.4, 0.5) is 0 Å². The van der Waals surface area contributed by atoms with Crippen LogP contribution in [0.5, 0.6) is 0 Å². The molecule has 0 aliphatic carbocycles. The minimum atomic E-state index is -2.09. The molecule has 0 radical (unpaired) electrons. The predicted molar refractivity (Wildman–Crippen MR) is 123 cm³/mol. The van der Waals surface area contributed by atoms with Gasteiger partial charge in [0.25, 0.3) is 0 Å². The summed E-state index contributed by atoms with van der Waals surface area (Å²) in [6, 6.07) is 33.5. The van der Waals surface area contributed by atoms with Gasteiger partial charge in [-0.05, 0) is 0 Å². The zero-order chi connectivity index (χ0) is 19.0. The first-order chi connectivity index (χ1) is 13.3. The summed E-state index contributed by atoms with van der Waals surface area (Å²) in [6.07, 6.45) is 1.17. The molecule has 0 aliphatic heterocycles. The number of likely N-dealkylation sites (N-methyl/N-ethyl adjacent to an activating group) is 2. The van der Waals surface area contributed by atoms with Crippen molar-refractivity contribution in [1.82, 2.24) is 10.2 Å². The molecule has 0 unspecified atom stereocenters. The molecular weight excluding hydrogens is 347 g/mol. The summed E-state index contributed by atoms with van der Waals surface area (Å²) in [5, 5.41) is 7.73. The Balaban J connectivity index is 2.08. The van der Waals surface area contributed by atoms with Crippen LogP contribution in [0.25, 0.3) is 0 Å². The van der Waals surface area contributed by atoms with Crippen molar-refractivity contribution in [3.05, 3.63) is 91.0 Å². The molecule has 0 saturated heterocycles. The Morgan fingerprint density at radius 1 is 0.667 bits per heavy atom. The van der Waals surface area contributed by atoms with E-state index in [0.717, 1.165) is 19.6 Å². The number of hydrogen-bond donors (Lipinski definition) is 1. The molecule has 3 aromatic carbocycles. The quantitative estimate of drug-likeness (QED) is 0.576. The van der Waals surface area contributed by atoms with Gasteiger partial charge in [0, 0.05) is 0 Å². The third-order valence-electron chi connectivity index (χ3n) is 5.41. The van der Waals surface area contributed by atoms with Crippen molar-refractivity contribution >= 4 is 23.2 Å². The number of nitrogens with zero attached hydrogens (tertiary/aromatic N) is 1. The van der Waals surface area contributed by atoms with E-state index in [0.29, 0.717) is 0 Å². The second kappa shape index (κ2) is 9.80. The molecule has 1 N–H and O–H groups in total. The predicted octanol–water partition coefficient (Wildman–Crippen LogP) is 2.86. The Kier molecular flexibility index (Phi) is 7.18. The van der Waals surface area contributed by atoms with E-state index in [1.807, 2.05) is 7.05 Å². The molecule has 142 valence electrons. The molecule has 0 bridgehead atoms. The van der Waals surface area contributed by atoms with Crippen molar-refractivity contribution in [2.45, 2.75) is 0 Å². The molecule has 0 aromatic heterocycles. The molecule has 3 heteroatoms. The zero-order valence-electron chi connectivity index (χ0n) is 16.4. The fourth-order valence-corrected chi connectivity index (χ4v) is 8.74. The standard InChI is InChI=1S/C24H31N2P/c1-25-18-19-26(2)20-21-27(22-12-6-3-7-13-22,23-14-8-4-9-15-23)24-16-10-5-11-17-24/h3-17,25,27H,18-21H2,1-2H3. The van der Waals surface area contributed by atoms with Crippen LogP contribution in [-0.4, -0.2) is 44.8 Å². The van der Waals surface area contributed by atoms with Gasteiger partial charge in [-0.2, -0.15) is 0 Å². The van der Waals surface area contributed by atoms with Gasteiger partial charge in [0.15, 0.2) is 0 Å². The number of benzene rings is 3. The topological polar surface area (TPSA) is 15.3 Å². The summed E-state index contributed by atoms with van der Waals surface area (Å²) in [6.45, 7) is 3.18. The molecule has 27 heavy (non-hydrogen) atoms. The first-order valence-corrected chi connectivity index (χ1v) is 12.0. The van der Waals surface area contributed by atoms with Crippen LogP contribution in [-0.2, 0) is 0 Å². The molecule has 0 atom stereocenters. The molecule has 0 saturated carbocycles. The SMILES string of the molecule is CNCCN(C)CC[PH](c1ccccc1)(c1ccccc1)c1ccccc1. The molecule has 0 fully saturated rings. The summed E-state index contributed by atoms with van der Waals surface area (Å²) in [5.41, 5.74) is 0. The van der Waals surface area contributed by atoms with Crippen molar-refractivity contribution in [3.8, 4) is 0 Å². The van der Waals surface area contributed by atoms with Gasteiger partial charge in [-0.1, -0.05) is 0 Å². The van der Waals surface area contributed by atoms with Gasteiger partial charge in [0.2, 0.25) is 0 Å².